The van der Waals surface area contributed by atoms with Crippen LogP contribution in [0.4, 0.5) is 14.5 Å². The zero-order valence-corrected chi connectivity index (χ0v) is 14.6. The fourth-order valence-corrected chi connectivity index (χ4v) is 1.96. The maximum atomic E-state index is 13.8. The van der Waals surface area contributed by atoms with E-state index < -0.39 is 11.6 Å². The van der Waals surface area contributed by atoms with E-state index in [4.69, 9.17) is 11.6 Å². The molecule has 0 fully saturated rings. The predicted molar refractivity (Wildman–Crippen MR) is 76.8 cm³/mol. The van der Waals surface area contributed by atoms with Gasteiger partial charge in [-0.2, -0.15) is 0 Å². The molecule has 0 saturated carbocycles. The number of nitrogens with zero attached hydrogens (tertiary/aromatic N) is 1. The van der Waals surface area contributed by atoms with E-state index in [1.54, 1.807) is 0 Å². The molecule has 0 amide bonds. The third-order valence-corrected chi connectivity index (χ3v) is 3.67. The van der Waals surface area contributed by atoms with Gasteiger partial charge < -0.3 is 4.90 Å². The Morgan fingerprint density at radius 1 is 1.30 bits per heavy atom. The summed E-state index contributed by atoms with van der Waals surface area (Å²) < 4.78 is 26.8. The number of benzene rings is 1. The van der Waals surface area contributed by atoms with Gasteiger partial charge in [-0.05, 0) is 24.0 Å². The molecule has 0 aliphatic carbocycles. The fraction of sp³-hybridized carbons (Fsp3) is 0.600. The molecule has 1 nitrogen and oxygen atoms in total. The number of anilines is 1. The Hall–Kier alpha value is -0.116. The van der Waals surface area contributed by atoms with E-state index in [-0.39, 0.29) is 27.1 Å². The normalized spacial score (nSPS) is 11.1. The number of unbranched alkanes of at least 4 members (excludes halogenated alkanes) is 1. The zero-order valence-electron chi connectivity index (χ0n) is 12.3. The van der Waals surface area contributed by atoms with E-state index in [0.717, 1.165) is 19.4 Å². The van der Waals surface area contributed by atoms with Crippen molar-refractivity contribution in [2.45, 2.75) is 33.6 Å². The van der Waals surface area contributed by atoms with Crippen molar-refractivity contribution in [2.75, 3.05) is 23.9 Å². The van der Waals surface area contributed by atoms with Crippen molar-refractivity contribution in [1.29, 1.82) is 0 Å². The number of hydrogen-bond donors (Lipinski definition) is 0. The Balaban J connectivity index is 0.00000361. The summed E-state index contributed by atoms with van der Waals surface area (Å²) in [7, 11) is 0. The molecule has 0 bridgehead atoms. The molecule has 0 aliphatic heterocycles. The molecule has 0 heterocycles. The molecule has 0 saturated heterocycles. The molecular weight excluding hydrogens is 315 g/mol. The van der Waals surface area contributed by atoms with E-state index in [9.17, 15) is 8.78 Å². The molecule has 0 atom stereocenters. The standard InChI is InChI=1S/C15H21ClF2N.Ti/c1-4-5-8-19(11-15(2,3)10-16)14-7-6-12(17)9-13(14)18;/h6-7H,4-5,8,10-11H2,1-3H3;. The van der Waals surface area contributed by atoms with Crippen LogP contribution in [-0.2, 0) is 21.7 Å². The summed E-state index contributed by atoms with van der Waals surface area (Å²) in [5.41, 5.74) is 0.267. The summed E-state index contributed by atoms with van der Waals surface area (Å²) in [6.45, 7) is 7.51. The summed E-state index contributed by atoms with van der Waals surface area (Å²) >= 11 is 5.94. The van der Waals surface area contributed by atoms with E-state index >= 15 is 0 Å². The van der Waals surface area contributed by atoms with Gasteiger partial charge in [0.05, 0.1) is 11.8 Å². The van der Waals surface area contributed by atoms with Crippen LogP contribution in [0, 0.1) is 23.1 Å². The number of hydrogen-bond acceptors (Lipinski definition) is 1. The number of alkyl halides is 1. The van der Waals surface area contributed by atoms with E-state index in [2.05, 4.69) is 13.0 Å². The van der Waals surface area contributed by atoms with Crippen LogP contribution in [0.1, 0.15) is 33.6 Å². The van der Waals surface area contributed by atoms with Gasteiger partial charge >= 0.3 is 0 Å². The summed E-state index contributed by atoms with van der Waals surface area (Å²) in [6.07, 6.45) is 1.97. The van der Waals surface area contributed by atoms with Gasteiger partial charge in [0.1, 0.15) is 5.82 Å². The van der Waals surface area contributed by atoms with Crippen LogP contribution < -0.4 is 4.90 Å². The van der Waals surface area contributed by atoms with Crippen LogP contribution >= 0.6 is 11.6 Å². The molecule has 0 aromatic heterocycles. The van der Waals surface area contributed by atoms with Crippen molar-refractivity contribution in [3.63, 3.8) is 0 Å². The fourth-order valence-electron chi connectivity index (χ4n) is 1.87. The molecule has 1 radical (unpaired) electrons. The molecule has 0 N–H and O–H groups in total. The third-order valence-electron chi connectivity index (χ3n) is 2.94. The van der Waals surface area contributed by atoms with E-state index in [1.165, 1.54) is 12.1 Å². The molecular formula is C15H21ClF2NTi. The Morgan fingerprint density at radius 3 is 2.45 bits per heavy atom. The van der Waals surface area contributed by atoms with Crippen LogP contribution in [0.2, 0.25) is 0 Å². The first kappa shape index (κ1) is 19.9. The van der Waals surface area contributed by atoms with Gasteiger partial charge in [0.2, 0.25) is 0 Å². The maximum absolute atomic E-state index is 13.8. The van der Waals surface area contributed by atoms with Crippen molar-refractivity contribution < 1.29 is 30.5 Å². The summed E-state index contributed by atoms with van der Waals surface area (Å²) in [5.74, 6) is -0.822. The van der Waals surface area contributed by atoms with Crippen LogP contribution in [0.3, 0.4) is 0 Å². The van der Waals surface area contributed by atoms with E-state index in [0.29, 0.717) is 18.1 Å². The second kappa shape index (κ2) is 9.02. The minimum absolute atomic E-state index is 0. The SMILES string of the molecule is CCCCN(CC(C)(C)CCl)c1ccc(F)[c]c1F.[Ti]. The second-order valence-electron chi connectivity index (χ2n) is 5.58. The first-order chi connectivity index (χ1) is 8.89. The van der Waals surface area contributed by atoms with Crippen molar-refractivity contribution >= 4 is 17.3 Å². The molecule has 0 spiro atoms. The van der Waals surface area contributed by atoms with Gasteiger partial charge in [-0.25, -0.2) is 8.78 Å². The molecule has 5 heteroatoms. The first-order valence-corrected chi connectivity index (χ1v) is 7.11. The number of rotatable bonds is 7. The Bertz CT molecular complexity index is 413. The molecule has 111 valence electrons. The van der Waals surface area contributed by atoms with Gasteiger partial charge in [-0.1, -0.05) is 27.2 Å². The zero-order chi connectivity index (χ0) is 14.5. The number of halogens is 3. The molecule has 20 heavy (non-hydrogen) atoms. The van der Waals surface area contributed by atoms with Crippen LogP contribution in [0.15, 0.2) is 12.1 Å². The average Bonchev–Trinajstić information content (AvgIpc) is 2.35. The van der Waals surface area contributed by atoms with Gasteiger partial charge in [0, 0.05) is 40.7 Å². The topological polar surface area (TPSA) is 3.24 Å². The van der Waals surface area contributed by atoms with Crippen molar-refractivity contribution in [3.8, 4) is 0 Å². The minimum Gasteiger partial charge on any atom is -0.369 e. The molecule has 1 rings (SSSR count). The summed E-state index contributed by atoms with van der Waals surface area (Å²) in [4.78, 5) is 1.93. The van der Waals surface area contributed by atoms with Crippen LogP contribution in [0.5, 0.6) is 0 Å². The van der Waals surface area contributed by atoms with Crippen LogP contribution in [-0.4, -0.2) is 19.0 Å². The van der Waals surface area contributed by atoms with Gasteiger partial charge in [-0.15, -0.1) is 11.6 Å². The molecule has 0 aliphatic rings. The van der Waals surface area contributed by atoms with Crippen molar-refractivity contribution in [1.82, 2.24) is 0 Å². The largest absolute Gasteiger partial charge is 0.369 e. The Labute approximate surface area is 140 Å². The first-order valence-electron chi connectivity index (χ1n) is 6.58. The Kier molecular flexibility index (Phi) is 8.96. The molecule has 1 aromatic carbocycles. The van der Waals surface area contributed by atoms with Crippen molar-refractivity contribution in [2.24, 2.45) is 5.41 Å². The van der Waals surface area contributed by atoms with Gasteiger partial charge in [0.15, 0.2) is 5.82 Å². The third kappa shape index (κ3) is 6.11. The smallest absolute Gasteiger partial charge is 0.157 e. The minimum atomic E-state index is -0.673. The summed E-state index contributed by atoms with van der Waals surface area (Å²) in [6, 6.07) is 4.81. The Morgan fingerprint density at radius 2 is 1.95 bits per heavy atom. The van der Waals surface area contributed by atoms with Gasteiger partial charge in [0.25, 0.3) is 0 Å². The maximum Gasteiger partial charge on any atom is 0.157 e. The molecule has 1 aromatic rings. The summed E-state index contributed by atoms with van der Waals surface area (Å²) in [5, 5.41) is 0. The predicted octanol–water partition coefficient (Wildman–Crippen LogP) is 4.63. The monoisotopic (exact) mass is 336 g/mol. The second-order valence-corrected chi connectivity index (χ2v) is 5.85. The molecule has 0 unspecified atom stereocenters. The van der Waals surface area contributed by atoms with Gasteiger partial charge in [-0.3, -0.25) is 0 Å². The van der Waals surface area contributed by atoms with E-state index in [1.807, 2.05) is 18.7 Å². The van der Waals surface area contributed by atoms with Crippen LogP contribution in [0.25, 0.3) is 0 Å². The van der Waals surface area contributed by atoms with Crippen molar-refractivity contribution in [3.05, 3.63) is 29.8 Å². The quantitative estimate of drug-likeness (QED) is 0.518. The average molecular weight is 337 g/mol.